The van der Waals surface area contributed by atoms with E-state index in [0.29, 0.717) is 23.7 Å². The Hall–Kier alpha value is -3.77. The van der Waals surface area contributed by atoms with E-state index in [1.807, 2.05) is 42.5 Å². The summed E-state index contributed by atoms with van der Waals surface area (Å²) in [6.07, 6.45) is 6.88. The number of likely N-dealkylation sites (N-methyl/N-ethyl adjacent to an activating group) is 1. The lowest BCUT2D eigenvalue weighted by atomic mass is 10.1. The zero-order valence-electron chi connectivity index (χ0n) is 19.6. The smallest absolute Gasteiger partial charge is 0.291 e. The van der Waals surface area contributed by atoms with Crippen LogP contribution in [0.25, 0.3) is 0 Å². The molecule has 176 valence electrons. The van der Waals surface area contributed by atoms with Crippen LogP contribution in [0.3, 0.4) is 0 Å². The molecule has 2 amide bonds. The summed E-state index contributed by atoms with van der Waals surface area (Å²) in [5, 5.41) is 12.8. The zero-order chi connectivity index (χ0) is 24.3. The molecule has 2 aromatic carbocycles. The standard InChI is InChI=1S/C25H27N5O3S/c1-30-20-14-18(12-13-34(2,3)4)10-11-21(20)33-16-19(25(30)32)26-24(31)23-27-22(28-29-23)15-17-8-6-5-7-9-17/h5-11,14,19H,15-16H2,1-4H3,(H,26,31)(H,27,28,29)/t19-/m0/s1. The van der Waals surface area contributed by atoms with Gasteiger partial charge in [0.25, 0.3) is 11.8 Å². The Bertz CT molecular complexity index is 1270. The zero-order valence-corrected chi connectivity index (χ0v) is 20.4. The first-order chi connectivity index (χ1) is 16.2. The Morgan fingerprint density at radius 3 is 2.74 bits per heavy atom. The second kappa shape index (κ2) is 9.61. The first kappa shape index (κ1) is 23.4. The minimum absolute atomic E-state index is 0.000370. The quantitative estimate of drug-likeness (QED) is 0.563. The maximum Gasteiger partial charge on any atom is 0.291 e. The first-order valence-corrected chi connectivity index (χ1v) is 13.6. The number of anilines is 1. The molecule has 0 radical (unpaired) electrons. The number of nitrogens with one attached hydrogen (secondary N) is 2. The van der Waals surface area contributed by atoms with Gasteiger partial charge in [0.05, 0.1) is 5.69 Å². The first-order valence-electron chi connectivity index (χ1n) is 10.7. The Labute approximate surface area is 200 Å². The van der Waals surface area contributed by atoms with Gasteiger partial charge in [-0.1, -0.05) is 36.3 Å². The summed E-state index contributed by atoms with van der Waals surface area (Å²) in [4.78, 5) is 31.6. The van der Waals surface area contributed by atoms with Crippen LogP contribution in [0.4, 0.5) is 5.69 Å². The number of carbonyl (C=O) groups is 2. The van der Waals surface area contributed by atoms with Gasteiger partial charge in [0.15, 0.2) is 0 Å². The van der Waals surface area contributed by atoms with E-state index in [2.05, 4.69) is 50.4 Å². The second-order valence-electron chi connectivity index (χ2n) is 8.75. The molecule has 0 unspecified atom stereocenters. The molecule has 0 fully saturated rings. The highest BCUT2D eigenvalue weighted by atomic mass is 32.3. The Morgan fingerprint density at radius 1 is 1.24 bits per heavy atom. The van der Waals surface area contributed by atoms with E-state index in [9.17, 15) is 9.59 Å². The van der Waals surface area contributed by atoms with Crippen molar-refractivity contribution in [2.45, 2.75) is 12.5 Å². The van der Waals surface area contributed by atoms with Crippen molar-refractivity contribution in [2.24, 2.45) is 0 Å². The number of amides is 2. The molecule has 0 saturated carbocycles. The van der Waals surface area contributed by atoms with E-state index >= 15 is 0 Å². The predicted molar refractivity (Wildman–Crippen MR) is 134 cm³/mol. The van der Waals surface area contributed by atoms with Gasteiger partial charge in [-0.15, -0.1) is 5.10 Å². The molecule has 2 heterocycles. The van der Waals surface area contributed by atoms with Crippen LogP contribution in [0.5, 0.6) is 5.75 Å². The van der Waals surface area contributed by atoms with E-state index in [4.69, 9.17) is 4.74 Å². The van der Waals surface area contributed by atoms with Gasteiger partial charge in [-0.25, -0.2) is 4.98 Å². The van der Waals surface area contributed by atoms with E-state index in [-0.39, 0.29) is 18.3 Å². The van der Waals surface area contributed by atoms with Gasteiger partial charge in [-0.2, -0.15) is 10.0 Å². The third kappa shape index (κ3) is 5.58. The molecule has 4 rings (SSSR count). The van der Waals surface area contributed by atoms with Gasteiger partial charge >= 0.3 is 0 Å². The van der Waals surface area contributed by atoms with Crippen molar-refractivity contribution >= 4 is 27.5 Å². The van der Waals surface area contributed by atoms with Crippen molar-refractivity contribution in [2.75, 3.05) is 37.3 Å². The third-order valence-electron chi connectivity index (χ3n) is 5.11. The molecule has 1 atom stereocenters. The van der Waals surface area contributed by atoms with Crippen molar-refractivity contribution in [1.82, 2.24) is 20.5 Å². The van der Waals surface area contributed by atoms with Gasteiger partial charge in [0.2, 0.25) is 5.82 Å². The van der Waals surface area contributed by atoms with Crippen LogP contribution in [0, 0.1) is 11.2 Å². The number of hydrogen-bond donors (Lipinski definition) is 2. The molecule has 2 N–H and O–H groups in total. The van der Waals surface area contributed by atoms with Crippen molar-refractivity contribution in [1.29, 1.82) is 0 Å². The van der Waals surface area contributed by atoms with Gasteiger partial charge in [0.1, 0.15) is 24.2 Å². The number of carbonyl (C=O) groups excluding carboxylic acids is 2. The van der Waals surface area contributed by atoms with Gasteiger partial charge in [-0.05, 0) is 47.8 Å². The summed E-state index contributed by atoms with van der Waals surface area (Å²) in [6, 6.07) is 14.4. The average molecular weight is 478 g/mol. The van der Waals surface area contributed by atoms with Crippen LogP contribution >= 0.6 is 10.0 Å². The highest BCUT2D eigenvalue weighted by Gasteiger charge is 2.31. The van der Waals surface area contributed by atoms with E-state index < -0.39 is 22.0 Å². The molecule has 3 aromatic rings. The molecule has 0 saturated heterocycles. The Kier molecular flexibility index (Phi) is 6.61. The molecular formula is C25H27N5O3S. The summed E-state index contributed by atoms with van der Waals surface area (Å²) in [5.74, 6) is 3.44. The van der Waals surface area contributed by atoms with Crippen LogP contribution in [0.15, 0.2) is 48.5 Å². The van der Waals surface area contributed by atoms with Crippen LogP contribution in [0.2, 0.25) is 0 Å². The van der Waals surface area contributed by atoms with E-state index in [1.54, 1.807) is 13.1 Å². The van der Waals surface area contributed by atoms with Crippen molar-refractivity contribution < 1.29 is 14.3 Å². The molecule has 1 aliphatic rings. The second-order valence-corrected chi connectivity index (χ2v) is 12.6. The molecule has 0 aliphatic carbocycles. The number of aromatic amines is 1. The van der Waals surface area contributed by atoms with Crippen molar-refractivity contribution in [3.8, 4) is 16.9 Å². The fourth-order valence-electron chi connectivity index (χ4n) is 3.38. The maximum absolute atomic E-state index is 13.1. The number of rotatable bonds is 4. The molecule has 8 nitrogen and oxygen atoms in total. The normalized spacial score (nSPS) is 15.9. The SMILES string of the molecule is CN1C(=O)[C@@H](NC(=O)c2n[nH]c(Cc3ccccc3)n2)COc2ccc(C#CS(C)(C)C)cc21. The van der Waals surface area contributed by atoms with Gasteiger partial charge in [-0.3, -0.25) is 14.7 Å². The molecule has 0 bridgehead atoms. The molecule has 9 heteroatoms. The predicted octanol–water partition coefficient (Wildman–Crippen LogP) is 2.55. The van der Waals surface area contributed by atoms with Crippen LogP contribution < -0.4 is 15.0 Å². The lowest BCUT2D eigenvalue weighted by molar-refractivity contribution is -0.120. The molecule has 1 aromatic heterocycles. The summed E-state index contributed by atoms with van der Waals surface area (Å²) in [7, 11) is 0.684. The largest absolute Gasteiger partial charge is 0.489 e. The Balaban J connectivity index is 1.46. The van der Waals surface area contributed by atoms with Crippen LogP contribution in [-0.2, 0) is 11.2 Å². The van der Waals surface area contributed by atoms with Gasteiger partial charge in [0, 0.05) is 19.0 Å². The van der Waals surface area contributed by atoms with Crippen molar-refractivity contribution in [3.05, 3.63) is 71.3 Å². The number of ether oxygens (including phenoxy) is 1. The summed E-state index contributed by atoms with van der Waals surface area (Å²) < 4.78 is 5.85. The summed E-state index contributed by atoms with van der Waals surface area (Å²) >= 11 is 0. The molecule has 1 aliphatic heterocycles. The van der Waals surface area contributed by atoms with Gasteiger partial charge < -0.3 is 15.0 Å². The minimum atomic E-state index is -0.975. The lowest BCUT2D eigenvalue weighted by Crippen LogP contribution is -2.49. The van der Waals surface area contributed by atoms with E-state index in [1.165, 1.54) is 4.90 Å². The number of nitrogens with zero attached hydrogens (tertiary/aromatic N) is 3. The third-order valence-corrected chi connectivity index (χ3v) is 5.82. The highest BCUT2D eigenvalue weighted by molar-refractivity contribution is 8.35. The topological polar surface area (TPSA) is 100 Å². The maximum atomic E-state index is 13.1. The average Bonchev–Trinajstić information content (AvgIpc) is 3.24. The molecule has 0 spiro atoms. The Morgan fingerprint density at radius 2 is 2.00 bits per heavy atom. The number of aromatic nitrogens is 3. The summed E-state index contributed by atoms with van der Waals surface area (Å²) in [6.45, 7) is 0.000370. The van der Waals surface area contributed by atoms with Crippen LogP contribution in [-0.4, -0.2) is 65.5 Å². The van der Waals surface area contributed by atoms with E-state index in [0.717, 1.165) is 11.1 Å². The molecular weight excluding hydrogens is 450 g/mol. The number of H-pyrrole nitrogens is 1. The number of hydrogen-bond acceptors (Lipinski definition) is 5. The number of fused-ring (bicyclic) bond motifs is 1. The lowest BCUT2D eigenvalue weighted by Gasteiger charge is -2.20. The fourth-order valence-corrected chi connectivity index (χ4v) is 3.80. The summed E-state index contributed by atoms with van der Waals surface area (Å²) in [5.41, 5.74) is 2.46. The van der Waals surface area contributed by atoms with Crippen LogP contribution in [0.1, 0.15) is 27.6 Å². The minimum Gasteiger partial charge on any atom is -0.489 e. The van der Waals surface area contributed by atoms with Crippen molar-refractivity contribution in [3.63, 3.8) is 0 Å². The molecule has 34 heavy (non-hydrogen) atoms. The number of benzene rings is 2. The highest BCUT2D eigenvalue weighted by Crippen LogP contribution is 2.34. The fraction of sp³-hybridized carbons (Fsp3) is 0.280. The monoisotopic (exact) mass is 477 g/mol.